The summed E-state index contributed by atoms with van der Waals surface area (Å²) < 4.78 is 20.7. The fourth-order valence-electron chi connectivity index (χ4n) is 2.83. The first-order valence-electron chi connectivity index (χ1n) is 10.2. The van der Waals surface area contributed by atoms with E-state index in [4.69, 9.17) is 10.6 Å². The minimum atomic E-state index is -0.290. The van der Waals surface area contributed by atoms with Crippen LogP contribution in [0.2, 0.25) is 0 Å². The van der Waals surface area contributed by atoms with Crippen molar-refractivity contribution in [3.63, 3.8) is 0 Å². The second-order valence-electron chi connectivity index (χ2n) is 8.48. The summed E-state index contributed by atoms with van der Waals surface area (Å²) in [6, 6.07) is 12.8. The second-order valence-corrected chi connectivity index (χ2v) is 9.42. The zero-order valence-electron chi connectivity index (χ0n) is 18.7. The van der Waals surface area contributed by atoms with Gasteiger partial charge in [-0.3, -0.25) is 4.79 Å². The molecular formula is C23H28FN5O2S. The Labute approximate surface area is 191 Å². The number of hydrogen-bond acceptors (Lipinski definition) is 6. The number of carbonyl (C=O) groups excluding carboxylic acids is 1. The van der Waals surface area contributed by atoms with Crippen LogP contribution in [0, 0.1) is 12.7 Å². The largest absolute Gasteiger partial charge is 0.486 e. The molecular weight excluding hydrogens is 429 g/mol. The molecule has 0 unspecified atom stereocenters. The van der Waals surface area contributed by atoms with Crippen molar-refractivity contribution < 1.29 is 13.9 Å². The van der Waals surface area contributed by atoms with Gasteiger partial charge in [0.15, 0.2) is 5.82 Å². The molecule has 1 amide bonds. The first kappa shape index (κ1) is 23.6. The van der Waals surface area contributed by atoms with Crippen molar-refractivity contribution in [2.24, 2.45) is 0 Å². The normalized spacial score (nSPS) is 11.4. The Hall–Kier alpha value is -3.07. The first-order valence-corrected chi connectivity index (χ1v) is 11.2. The second kappa shape index (κ2) is 10.0. The molecule has 0 radical (unpaired) electrons. The van der Waals surface area contributed by atoms with Gasteiger partial charge in [-0.2, -0.15) is 0 Å². The number of nitrogens with two attached hydrogens (primary N) is 1. The molecule has 0 fully saturated rings. The summed E-state index contributed by atoms with van der Waals surface area (Å²) in [5, 5.41) is 11.2. The van der Waals surface area contributed by atoms with Crippen LogP contribution in [-0.2, 0) is 23.4 Å². The Morgan fingerprint density at radius 3 is 2.56 bits per heavy atom. The molecule has 0 aliphatic carbocycles. The quantitative estimate of drug-likeness (QED) is 0.395. The smallest absolute Gasteiger partial charge is 0.230 e. The number of benzene rings is 2. The van der Waals surface area contributed by atoms with Crippen LogP contribution in [0.4, 0.5) is 4.39 Å². The molecule has 3 N–H and O–H groups in total. The van der Waals surface area contributed by atoms with Gasteiger partial charge in [-0.15, -0.1) is 10.2 Å². The number of carbonyl (C=O) groups is 1. The van der Waals surface area contributed by atoms with Gasteiger partial charge >= 0.3 is 0 Å². The highest BCUT2D eigenvalue weighted by Gasteiger charge is 2.15. The van der Waals surface area contributed by atoms with Crippen molar-refractivity contribution in [3.05, 3.63) is 70.8 Å². The Morgan fingerprint density at radius 2 is 1.91 bits per heavy atom. The minimum absolute atomic E-state index is 0.0741. The van der Waals surface area contributed by atoms with Gasteiger partial charge in [0.1, 0.15) is 18.2 Å². The van der Waals surface area contributed by atoms with Crippen molar-refractivity contribution in [1.29, 1.82) is 0 Å². The fraction of sp³-hybridized carbons (Fsp3) is 0.348. The van der Waals surface area contributed by atoms with Gasteiger partial charge in [0, 0.05) is 6.54 Å². The van der Waals surface area contributed by atoms with E-state index >= 15 is 0 Å². The summed E-state index contributed by atoms with van der Waals surface area (Å²) in [6.45, 7) is 8.56. The molecule has 170 valence electrons. The Bertz CT molecular complexity index is 1080. The summed E-state index contributed by atoms with van der Waals surface area (Å²) in [4.78, 5) is 12.1. The molecule has 0 spiro atoms. The van der Waals surface area contributed by atoms with E-state index in [0.717, 1.165) is 0 Å². The van der Waals surface area contributed by atoms with E-state index in [2.05, 4.69) is 36.3 Å². The number of ether oxygens (including phenoxy) is 1. The topological polar surface area (TPSA) is 95.1 Å². The molecule has 0 aliphatic heterocycles. The third kappa shape index (κ3) is 6.23. The molecule has 1 heterocycles. The first-order chi connectivity index (χ1) is 15.1. The van der Waals surface area contributed by atoms with Crippen LogP contribution in [0.5, 0.6) is 5.75 Å². The number of halogens is 1. The maximum Gasteiger partial charge on any atom is 0.230 e. The monoisotopic (exact) mass is 457 g/mol. The van der Waals surface area contributed by atoms with Gasteiger partial charge < -0.3 is 15.9 Å². The van der Waals surface area contributed by atoms with E-state index in [9.17, 15) is 9.18 Å². The molecule has 3 rings (SSSR count). The van der Waals surface area contributed by atoms with Crippen molar-refractivity contribution >= 4 is 17.7 Å². The predicted octanol–water partition coefficient (Wildman–Crippen LogP) is 3.72. The average Bonchev–Trinajstić information content (AvgIpc) is 3.10. The van der Waals surface area contributed by atoms with Crippen LogP contribution >= 0.6 is 11.8 Å². The Kier molecular flexibility index (Phi) is 7.40. The van der Waals surface area contributed by atoms with Crippen LogP contribution in [0.25, 0.3) is 0 Å². The molecule has 0 atom stereocenters. The molecule has 1 aromatic heterocycles. The van der Waals surface area contributed by atoms with Crippen LogP contribution < -0.4 is 15.9 Å². The van der Waals surface area contributed by atoms with Crippen LogP contribution in [-0.4, -0.2) is 26.5 Å². The SMILES string of the molecule is Cc1ccc(CNC(=O)CSc2nnc(COc3ccc(C(C)(C)C)cc3)n2N)cc1F. The highest BCUT2D eigenvalue weighted by atomic mass is 32.2. The zero-order chi connectivity index (χ0) is 23.3. The molecule has 0 saturated carbocycles. The predicted molar refractivity (Wildman–Crippen MR) is 123 cm³/mol. The summed E-state index contributed by atoms with van der Waals surface area (Å²) in [6.07, 6.45) is 0. The van der Waals surface area contributed by atoms with E-state index in [1.165, 1.54) is 28.1 Å². The lowest BCUT2D eigenvalue weighted by atomic mass is 9.87. The number of thioether (sulfide) groups is 1. The van der Waals surface area contributed by atoms with Crippen molar-refractivity contribution in [1.82, 2.24) is 20.2 Å². The number of hydrogen-bond donors (Lipinski definition) is 2. The lowest BCUT2D eigenvalue weighted by Crippen LogP contribution is -2.25. The fourth-order valence-corrected chi connectivity index (χ4v) is 3.54. The molecule has 3 aromatic rings. The van der Waals surface area contributed by atoms with Crippen molar-refractivity contribution in [2.45, 2.75) is 51.4 Å². The molecule has 9 heteroatoms. The zero-order valence-corrected chi connectivity index (χ0v) is 19.5. The number of amides is 1. The van der Waals surface area contributed by atoms with Gasteiger partial charge in [0.2, 0.25) is 11.1 Å². The summed E-state index contributed by atoms with van der Waals surface area (Å²) in [7, 11) is 0. The van der Waals surface area contributed by atoms with Crippen molar-refractivity contribution in [2.75, 3.05) is 11.6 Å². The lowest BCUT2D eigenvalue weighted by molar-refractivity contribution is -0.118. The van der Waals surface area contributed by atoms with E-state index in [1.54, 1.807) is 19.1 Å². The number of aromatic nitrogens is 3. The van der Waals surface area contributed by atoms with Gasteiger partial charge in [-0.05, 0) is 47.2 Å². The summed E-state index contributed by atoms with van der Waals surface area (Å²) >= 11 is 1.17. The maximum absolute atomic E-state index is 13.6. The van der Waals surface area contributed by atoms with E-state index in [1.807, 2.05) is 24.3 Å². The highest BCUT2D eigenvalue weighted by Crippen LogP contribution is 2.24. The number of nitrogens with zero attached hydrogens (tertiary/aromatic N) is 3. The lowest BCUT2D eigenvalue weighted by Gasteiger charge is -2.19. The van der Waals surface area contributed by atoms with Crippen molar-refractivity contribution in [3.8, 4) is 5.75 Å². The highest BCUT2D eigenvalue weighted by molar-refractivity contribution is 7.99. The molecule has 32 heavy (non-hydrogen) atoms. The summed E-state index contributed by atoms with van der Waals surface area (Å²) in [5.74, 6) is 6.81. The standard InChI is InChI=1S/C23H28FN5O2S/c1-15-5-6-16(11-19(15)24)12-26-21(30)14-32-22-28-27-20(29(22)25)13-31-18-9-7-17(8-10-18)23(2,3)4/h5-11H,12-14,25H2,1-4H3,(H,26,30). The molecule has 7 nitrogen and oxygen atoms in total. The Morgan fingerprint density at radius 1 is 1.19 bits per heavy atom. The van der Waals surface area contributed by atoms with Gasteiger partial charge in [-0.25, -0.2) is 9.07 Å². The van der Waals surface area contributed by atoms with E-state index in [0.29, 0.717) is 27.9 Å². The number of rotatable bonds is 8. The third-order valence-corrected chi connectivity index (χ3v) is 5.82. The van der Waals surface area contributed by atoms with E-state index in [-0.39, 0.29) is 36.0 Å². The van der Waals surface area contributed by atoms with Gasteiger partial charge in [0.05, 0.1) is 5.75 Å². The van der Waals surface area contributed by atoms with Crippen LogP contribution in [0.1, 0.15) is 43.3 Å². The van der Waals surface area contributed by atoms with Gasteiger partial charge in [-0.1, -0.05) is 56.8 Å². The maximum atomic E-state index is 13.6. The van der Waals surface area contributed by atoms with Gasteiger partial charge in [0.25, 0.3) is 0 Å². The molecule has 0 saturated heterocycles. The Balaban J connectivity index is 1.47. The molecule has 0 bridgehead atoms. The minimum Gasteiger partial charge on any atom is -0.486 e. The molecule has 0 aliphatic rings. The third-order valence-electron chi connectivity index (χ3n) is 4.88. The average molecular weight is 458 g/mol. The number of nitrogen functional groups attached to an aromatic ring is 1. The molecule has 2 aromatic carbocycles. The number of aryl methyl sites for hydroxylation is 1. The number of nitrogens with one attached hydrogen (secondary N) is 1. The van der Waals surface area contributed by atoms with E-state index < -0.39 is 0 Å². The van der Waals surface area contributed by atoms with Crippen LogP contribution in [0.3, 0.4) is 0 Å². The summed E-state index contributed by atoms with van der Waals surface area (Å²) in [5.41, 5.74) is 2.56. The van der Waals surface area contributed by atoms with Crippen LogP contribution in [0.15, 0.2) is 47.6 Å².